The highest BCUT2D eigenvalue weighted by molar-refractivity contribution is 5.97. The Hall–Kier alpha value is -2.13. The lowest BCUT2D eigenvalue weighted by molar-refractivity contribution is 0.0942. The highest BCUT2D eigenvalue weighted by atomic mass is 16.3. The van der Waals surface area contributed by atoms with Gasteiger partial charge in [0.2, 0.25) is 0 Å². The molecule has 0 fully saturated rings. The summed E-state index contributed by atoms with van der Waals surface area (Å²) in [4.78, 5) is 14.0. The van der Waals surface area contributed by atoms with Crippen molar-refractivity contribution in [2.75, 3.05) is 13.6 Å². The van der Waals surface area contributed by atoms with E-state index < -0.39 is 0 Å². The molecule has 0 saturated carbocycles. The summed E-state index contributed by atoms with van der Waals surface area (Å²) in [5, 5.41) is 9.37. The van der Waals surface area contributed by atoms with Crippen LogP contribution in [0.15, 0.2) is 54.6 Å². The van der Waals surface area contributed by atoms with Crippen molar-refractivity contribution in [2.24, 2.45) is 0 Å². The number of phenolic OH excluding ortho intramolecular Hbond substituents is 1. The number of likely N-dealkylation sites (N-methyl/N-ethyl adjacent to an activating group) is 1. The molecule has 19 heavy (non-hydrogen) atoms. The Bertz CT molecular complexity index is 552. The molecular formula is C16H17NO2. The number of Topliss-reactive ketones (excluding diaryl/α,β-unsaturated/α-hetero) is 1. The van der Waals surface area contributed by atoms with Gasteiger partial charge in [0.05, 0.1) is 6.54 Å². The summed E-state index contributed by atoms with van der Waals surface area (Å²) in [6.07, 6.45) is 0. The van der Waals surface area contributed by atoms with E-state index in [0.717, 1.165) is 6.54 Å². The first-order chi connectivity index (χ1) is 9.15. The summed E-state index contributed by atoms with van der Waals surface area (Å²) in [6, 6.07) is 16.5. The molecule has 0 spiro atoms. The van der Waals surface area contributed by atoms with Crippen LogP contribution in [-0.4, -0.2) is 29.4 Å². The van der Waals surface area contributed by atoms with Gasteiger partial charge in [0, 0.05) is 12.1 Å². The molecule has 2 aromatic rings. The molecule has 0 aliphatic rings. The molecule has 0 aromatic heterocycles. The number of carbonyl (C=O) groups is 1. The predicted octanol–water partition coefficient (Wildman–Crippen LogP) is 2.71. The van der Waals surface area contributed by atoms with Crippen LogP contribution < -0.4 is 0 Å². The molecule has 0 bridgehead atoms. The molecule has 98 valence electrons. The standard InChI is InChI=1S/C16H17NO2/c1-17(11-13-6-3-2-4-7-13)12-16(19)14-8-5-9-15(18)10-14/h2-10,18H,11-12H2,1H3. The minimum absolute atomic E-state index is 0.00864. The zero-order valence-corrected chi connectivity index (χ0v) is 10.9. The number of hydrogen-bond donors (Lipinski definition) is 1. The lowest BCUT2D eigenvalue weighted by Gasteiger charge is -2.15. The van der Waals surface area contributed by atoms with Gasteiger partial charge in [0.15, 0.2) is 5.78 Å². The number of rotatable bonds is 5. The third-order valence-electron chi connectivity index (χ3n) is 2.88. The largest absolute Gasteiger partial charge is 0.508 e. The molecule has 3 nitrogen and oxygen atoms in total. The zero-order chi connectivity index (χ0) is 13.7. The van der Waals surface area contributed by atoms with E-state index in [1.807, 2.05) is 42.3 Å². The molecule has 0 amide bonds. The van der Waals surface area contributed by atoms with Crippen molar-refractivity contribution < 1.29 is 9.90 Å². The average molecular weight is 255 g/mol. The Labute approximate surface area is 113 Å². The summed E-state index contributed by atoms with van der Waals surface area (Å²) in [5.74, 6) is 0.130. The van der Waals surface area contributed by atoms with E-state index in [2.05, 4.69) is 0 Å². The van der Waals surface area contributed by atoms with E-state index in [4.69, 9.17) is 0 Å². The van der Waals surface area contributed by atoms with Crippen molar-refractivity contribution in [3.8, 4) is 5.75 Å². The molecule has 0 aliphatic heterocycles. The van der Waals surface area contributed by atoms with Crippen LogP contribution >= 0.6 is 0 Å². The lowest BCUT2D eigenvalue weighted by Crippen LogP contribution is -2.25. The van der Waals surface area contributed by atoms with Crippen molar-refractivity contribution >= 4 is 5.78 Å². The summed E-state index contributed by atoms with van der Waals surface area (Å²) in [6.45, 7) is 1.06. The van der Waals surface area contributed by atoms with Crippen LogP contribution in [-0.2, 0) is 6.54 Å². The Morgan fingerprint density at radius 2 is 1.84 bits per heavy atom. The van der Waals surface area contributed by atoms with Gasteiger partial charge in [-0.15, -0.1) is 0 Å². The smallest absolute Gasteiger partial charge is 0.176 e. The number of hydrogen-bond acceptors (Lipinski definition) is 3. The van der Waals surface area contributed by atoms with Gasteiger partial charge in [0.1, 0.15) is 5.75 Å². The minimum Gasteiger partial charge on any atom is -0.508 e. The molecule has 2 aromatic carbocycles. The van der Waals surface area contributed by atoms with Crippen LogP contribution in [0.25, 0.3) is 0 Å². The maximum atomic E-state index is 12.0. The normalized spacial score (nSPS) is 10.6. The number of benzene rings is 2. The van der Waals surface area contributed by atoms with E-state index in [1.165, 1.54) is 11.6 Å². The fourth-order valence-electron chi connectivity index (χ4n) is 1.97. The van der Waals surface area contributed by atoms with E-state index in [0.29, 0.717) is 12.1 Å². The number of carbonyl (C=O) groups excluding carboxylic acids is 1. The third-order valence-corrected chi connectivity index (χ3v) is 2.88. The van der Waals surface area contributed by atoms with Crippen molar-refractivity contribution in [3.63, 3.8) is 0 Å². The monoisotopic (exact) mass is 255 g/mol. The molecule has 0 aliphatic carbocycles. The fraction of sp³-hybridized carbons (Fsp3) is 0.188. The summed E-state index contributed by atoms with van der Waals surface area (Å²) < 4.78 is 0. The maximum absolute atomic E-state index is 12.0. The second kappa shape index (κ2) is 6.16. The zero-order valence-electron chi connectivity index (χ0n) is 10.9. The SMILES string of the molecule is CN(CC(=O)c1cccc(O)c1)Cc1ccccc1. The van der Waals surface area contributed by atoms with Gasteiger partial charge in [-0.25, -0.2) is 0 Å². The van der Waals surface area contributed by atoms with Crippen molar-refractivity contribution in [1.82, 2.24) is 4.90 Å². The third kappa shape index (κ3) is 3.93. The Morgan fingerprint density at radius 1 is 1.11 bits per heavy atom. The molecule has 0 heterocycles. The van der Waals surface area contributed by atoms with E-state index >= 15 is 0 Å². The minimum atomic E-state index is 0.00864. The topological polar surface area (TPSA) is 40.5 Å². The molecule has 2 rings (SSSR count). The van der Waals surface area contributed by atoms with Crippen molar-refractivity contribution in [1.29, 1.82) is 0 Å². The van der Waals surface area contributed by atoms with Crippen molar-refractivity contribution in [3.05, 3.63) is 65.7 Å². The molecule has 0 unspecified atom stereocenters. The predicted molar refractivity (Wildman–Crippen MR) is 75.2 cm³/mol. The molecular weight excluding hydrogens is 238 g/mol. The van der Waals surface area contributed by atoms with E-state index in [9.17, 15) is 9.90 Å². The number of nitrogens with zero attached hydrogens (tertiary/aromatic N) is 1. The van der Waals surface area contributed by atoms with Crippen molar-refractivity contribution in [2.45, 2.75) is 6.54 Å². The van der Waals surface area contributed by atoms with Gasteiger partial charge in [-0.3, -0.25) is 9.69 Å². The van der Waals surface area contributed by atoms with Crippen LogP contribution in [0.1, 0.15) is 15.9 Å². The highest BCUT2D eigenvalue weighted by Gasteiger charge is 2.10. The summed E-state index contributed by atoms with van der Waals surface area (Å²) in [5.41, 5.74) is 1.72. The van der Waals surface area contributed by atoms with Crippen LogP contribution in [0.5, 0.6) is 5.75 Å². The maximum Gasteiger partial charge on any atom is 0.176 e. The summed E-state index contributed by atoms with van der Waals surface area (Å²) >= 11 is 0. The first-order valence-corrected chi connectivity index (χ1v) is 6.20. The first-order valence-electron chi connectivity index (χ1n) is 6.20. The van der Waals surface area contributed by atoms with Gasteiger partial charge < -0.3 is 5.11 Å². The molecule has 0 atom stereocenters. The Morgan fingerprint density at radius 3 is 2.53 bits per heavy atom. The molecule has 3 heteroatoms. The Balaban J connectivity index is 1.95. The van der Waals surface area contributed by atoms with Gasteiger partial charge in [-0.1, -0.05) is 42.5 Å². The summed E-state index contributed by atoms with van der Waals surface area (Å²) in [7, 11) is 1.91. The number of phenols is 1. The van der Waals surface area contributed by atoms with Crippen LogP contribution in [0.4, 0.5) is 0 Å². The van der Waals surface area contributed by atoms with Crippen LogP contribution in [0.3, 0.4) is 0 Å². The van der Waals surface area contributed by atoms with Crippen LogP contribution in [0.2, 0.25) is 0 Å². The quantitative estimate of drug-likeness (QED) is 0.835. The highest BCUT2D eigenvalue weighted by Crippen LogP contribution is 2.12. The average Bonchev–Trinajstić information content (AvgIpc) is 2.39. The van der Waals surface area contributed by atoms with Gasteiger partial charge in [-0.05, 0) is 24.7 Å². The Kier molecular flexibility index (Phi) is 4.31. The first kappa shape index (κ1) is 13.3. The van der Waals surface area contributed by atoms with E-state index in [-0.39, 0.29) is 11.5 Å². The second-order valence-electron chi connectivity index (χ2n) is 4.63. The van der Waals surface area contributed by atoms with E-state index in [1.54, 1.807) is 18.2 Å². The molecule has 0 radical (unpaired) electrons. The molecule has 1 N–H and O–H groups in total. The van der Waals surface area contributed by atoms with Gasteiger partial charge in [0.25, 0.3) is 0 Å². The lowest BCUT2D eigenvalue weighted by atomic mass is 10.1. The second-order valence-corrected chi connectivity index (χ2v) is 4.63. The van der Waals surface area contributed by atoms with Gasteiger partial charge in [-0.2, -0.15) is 0 Å². The fourth-order valence-corrected chi connectivity index (χ4v) is 1.97. The number of ketones is 1. The number of aromatic hydroxyl groups is 1. The van der Waals surface area contributed by atoms with Crippen LogP contribution in [0, 0.1) is 0 Å². The molecule has 0 saturated heterocycles. The van der Waals surface area contributed by atoms with Gasteiger partial charge >= 0.3 is 0 Å².